The minimum Gasteiger partial charge on any atom is -0.494 e. The number of likely N-dealkylation sites (N-methyl/N-ethyl adjacent to an activating group) is 1. The van der Waals surface area contributed by atoms with Crippen LogP contribution in [0.2, 0.25) is 0 Å². The minimum atomic E-state index is -0.487. The number of aromatic amines is 1. The number of amides is 1. The summed E-state index contributed by atoms with van der Waals surface area (Å²) in [6.45, 7) is 1.39. The zero-order chi connectivity index (χ0) is 20.7. The summed E-state index contributed by atoms with van der Waals surface area (Å²) in [5, 5.41) is 21.9. The van der Waals surface area contributed by atoms with Crippen molar-refractivity contribution in [1.29, 1.82) is 0 Å². The van der Waals surface area contributed by atoms with E-state index < -0.39 is 4.92 Å². The Balaban J connectivity index is 0.00000256. The minimum absolute atomic E-state index is 0. The summed E-state index contributed by atoms with van der Waals surface area (Å²) in [6, 6.07) is 7.98. The zero-order valence-electron chi connectivity index (χ0n) is 16.5. The molecule has 3 heterocycles. The normalized spacial score (nSPS) is 16.1. The Bertz CT molecular complexity index is 1100. The highest BCUT2D eigenvalue weighted by atomic mass is 35.5. The van der Waals surface area contributed by atoms with E-state index in [0.29, 0.717) is 46.9 Å². The number of hydrogen-bond acceptors (Lipinski definition) is 6. The van der Waals surface area contributed by atoms with Gasteiger partial charge in [-0.1, -0.05) is 0 Å². The largest absolute Gasteiger partial charge is 0.494 e. The summed E-state index contributed by atoms with van der Waals surface area (Å²) in [4.78, 5) is 34.4. The number of nitrogens with zero attached hydrogens (tertiary/aromatic N) is 4. The molecule has 1 unspecified atom stereocenters. The van der Waals surface area contributed by atoms with Gasteiger partial charge in [0.05, 0.1) is 21.7 Å². The predicted octanol–water partition coefficient (Wildman–Crippen LogP) is 3.04. The number of aromatic hydroxyl groups is 1. The number of fused-ring (bicyclic) bond motifs is 1. The molecule has 0 spiro atoms. The van der Waals surface area contributed by atoms with Crippen molar-refractivity contribution in [3.63, 3.8) is 0 Å². The number of hydrogen-bond donors (Lipinski definition) is 2. The third-order valence-electron chi connectivity index (χ3n) is 5.42. The summed E-state index contributed by atoms with van der Waals surface area (Å²) in [6.07, 6.45) is 2.42. The maximum absolute atomic E-state index is 12.7. The lowest BCUT2D eigenvalue weighted by Crippen LogP contribution is -2.34. The van der Waals surface area contributed by atoms with Gasteiger partial charge in [0.25, 0.3) is 11.6 Å². The van der Waals surface area contributed by atoms with Crippen molar-refractivity contribution in [1.82, 2.24) is 19.8 Å². The van der Waals surface area contributed by atoms with Crippen molar-refractivity contribution in [2.75, 3.05) is 27.2 Å². The van der Waals surface area contributed by atoms with E-state index in [2.05, 4.69) is 14.9 Å². The SMILES string of the molecule is CN(C)C1CCN(C(=O)c2ccc(-c3c(O)[nH]c4ccc([N+](=O)[O-])cc34)nc2)C1.Cl. The molecule has 158 valence electrons. The summed E-state index contributed by atoms with van der Waals surface area (Å²) in [7, 11) is 4.01. The van der Waals surface area contributed by atoms with Crippen LogP contribution in [0.1, 0.15) is 16.8 Å². The Morgan fingerprint density at radius 2 is 2.10 bits per heavy atom. The molecule has 0 aliphatic carbocycles. The van der Waals surface area contributed by atoms with E-state index >= 15 is 0 Å². The molecular formula is C20H22ClN5O4. The molecule has 1 saturated heterocycles. The van der Waals surface area contributed by atoms with Crippen LogP contribution in [0, 0.1) is 10.1 Å². The van der Waals surface area contributed by atoms with Crippen LogP contribution in [-0.4, -0.2) is 68.9 Å². The number of carbonyl (C=O) groups excluding carboxylic acids is 1. The van der Waals surface area contributed by atoms with E-state index in [1.807, 2.05) is 19.0 Å². The number of likely N-dealkylation sites (tertiary alicyclic amines) is 1. The third kappa shape index (κ3) is 3.81. The fourth-order valence-electron chi connectivity index (χ4n) is 3.74. The summed E-state index contributed by atoms with van der Waals surface area (Å²) < 4.78 is 0. The first kappa shape index (κ1) is 21.5. The van der Waals surface area contributed by atoms with Crippen molar-refractivity contribution in [2.24, 2.45) is 0 Å². The molecule has 0 radical (unpaired) electrons. The number of H-pyrrole nitrogens is 1. The second-order valence-corrected chi connectivity index (χ2v) is 7.42. The Kier molecular flexibility index (Phi) is 5.95. The van der Waals surface area contributed by atoms with Gasteiger partial charge in [0.2, 0.25) is 0 Å². The summed E-state index contributed by atoms with van der Waals surface area (Å²) in [5.41, 5.74) is 1.76. The van der Waals surface area contributed by atoms with Gasteiger partial charge in [-0.25, -0.2) is 0 Å². The smallest absolute Gasteiger partial charge is 0.270 e. The number of nitro benzene ring substituents is 1. The van der Waals surface area contributed by atoms with E-state index in [1.54, 1.807) is 18.2 Å². The molecule has 0 bridgehead atoms. The number of nitro groups is 1. The molecule has 10 heteroatoms. The number of aromatic nitrogens is 2. The van der Waals surface area contributed by atoms with E-state index in [0.717, 1.165) is 6.42 Å². The van der Waals surface area contributed by atoms with Crippen LogP contribution in [-0.2, 0) is 0 Å². The molecule has 1 aliphatic rings. The van der Waals surface area contributed by atoms with E-state index in [-0.39, 0.29) is 29.9 Å². The van der Waals surface area contributed by atoms with Crippen LogP contribution in [0.3, 0.4) is 0 Å². The van der Waals surface area contributed by atoms with Crippen LogP contribution in [0.25, 0.3) is 22.2 Å². The van der Waals surface area contributed by atoms with E-state index in [9.17, 15) is 20.0 Å². The molecule has 4 rings (SSSR count). The van der Waals surface area contributed by atoms with E-state index in [4.69, 9.17) is 0 Å². The average molecular weight is 432 g/mol. The molecule has 0 saturated carbocycles. The molecule has 1 fully saturated rings. The molecule has 2 aromatic heterocycles. The molecule has 1 amide bonds. The van der Waals surface area contributed by atoms with Gasteiger partial charge in [-0.3, -0.25) is 19.9 Å². The van der Waals surface area contributed by atoms with Gasteiger partial charge in [0.1, 0.15) is 0 Å². The second kappa shape index (κ2) is 8.29. The van der Waals surface area contributed by atoms with Crippen LogP contribution in [0.5, 0.6) is 5.88 Å². The molecule has 9 nitrogen and oxygen atoms in total. The summed E-state index contributed by atoms with van der Waals surface area (Å²) >= 11 is 0. The Labute approximate surface area is 178 Å². The first-order chi connectivity index (χ1) is 13.8. The third-order valence-corrected chi connectivity index (χ3v) is 5.42. The van der Waals surface area contributed by atoms with Crippen LogP contribution < -0.4 is 0 Å². The monoisotopic (exact) mass is 431 g/mol. The van der Waals surface area contributed by atoms with Gasteiger partial charge < -0.3 is 19.9 Å². The number of halogens is 1. The van der Waals surface area contributed by atoms with Gasteiger partial charge in [-0.15, -0.1) is 12.4 Å². The molecular weight excluding hydrogens is 410 g/mol. The zero-order valence-corrected chi connectivity index (χ0v) is 17.3. The Hall–Kier alpha value is -3.17. The molecule has 3 aromatic rings. The Morgan fingerprint density at radius 3 is 2.70 bits per heavy atom. The number of non-ortho nitro benzene ring substituents is 1. The highest BCUT2D eigenvalue weighted by molar-refractivity contribution is 6.00. The fourth-order valence-corrected chi connectivity index (χ4v) is 3.74. The maximum Gasteiger partial charge on any atom is 0.270 e. The van der Waals surface area contributed by atoms with Crippen LogP contribution >= 0.6 is 12.4 Å². The Morgan fingerprint density at radius 1 is 1.33 bits per heavy atom. The second-order valence-electron chi connectivity index (χ2n) is 7.42. The standard InChI is InChI=1S/C20H21N5O4.ClH/c1-23(2)14-7-8-24(11-14)20(27)12-3-5-17(21-10-12)18-15-9-13(25(28)29)4-6-16(15)22-19(18)26;/h3-6,9-10,14,22,26H,7-8,11H2,1-2H3;1H. The van der Waals surface area contributed by atoms with Gasteiger partial charge >= 0.3 is 0 Å². The predicted molar refractivity (Wildman–Crippen MR) is 115 cm³/mol. The lowest BCUT2D eigenvalue weighted by atomic mass is 10.1. The van der Waals surface area contributed by atoms with Crippen molar-refractivity contribution >= 4 is 34.9 Å². The van der Waals surface area contributed by atoms with Crippen LogP contribution in [0.4, 0.5) is 5.69 Å². The lowest BCUT2D eigenvalue weighted by Gasteiger charge is -2.20. The molecule has 2 N–H and O–H groups in total. The number of carbonyl (C=O) groups is 1. The van der Waals surface area contributed by atoms with E-state index in [1.165, 1.54) is 18.3 Å². The van der Waals surface area contributed by atoms with Gasteiger partial charge in [-0.05, 0) is 38.7 Å². The molecule has 1 aliphatic heterocycles. The van der Waals surface area contributed by atoms with Gasteiger partial charge in [0.15, 0.2) is 5.88 Å². The average Bonchev–Trinajstić information content (AvgIpc) is 3.31. The van der Waals surface area contributed by atoms with Crippen molar-refractivity contribution in [3.8, 4) is 17.1 Å². The molecule has 1 aromatic carbocycles. The van der Waals surface area contributed by atoms with Crippen LogP contribution in [0.15, 0.2) is 36.5 Å². The van der Waals surface area contributed by atoms with Crippen molar-refractivity contribution in [2.45, 2.75) is 12.5 Å². The maximum atomic E-state index is 12.7. The number of nitrogens with one attached hydrogen (secondary N) is 1. The van der Waals surface area contributed by atoms with Gasteiger partial charge in [-0.2, -0.15) is 0 Å². The van der Waals surface area contributed by atoms with Gasteiger partial charge in [0, 0.05) is 48.4 Å². The summed E-state index contributed by atoms with van der Waals surface area (Å²) in [5.74, 6) is -0.201. The first-order valence-corrected chi connectivity index (χ1v) is 9.26. The number of rotatable bonds is 4. The van der Waals surface area contributed by atoms with Crippen molar-refractivity contribution < 1.29 is 14.8 Å². The fraction of sp³-hybridized carbons (Fsp3) is 0.300. The highest BCUT2D eigenvalue weighted by Gasteiger charge is 2.28. The highest BCUT2D eigenvalue weighted by Crippen LogP contribution is 2.37. The van der Waals surface area contributed by atoms with Crippen molar-refractivity contribution in [3.05, 3.63) is 52.2 Å². The molecule has 30 heavy (non-hydrogen) atoms. The first-order valence-electron chi connectivity index (χ1n) is 9.26. The number of benzene rings is 1. The quantitative estimate of drug-likeness (QED) is 0.484. The number of pyridine rings is 1. The molecule has 1 atom stereocenters. The topological polar surface area (TPSA) is 116 Å². The lowest BCUT2D eigenvalue weighted by molar-refractivity contribution is -0.384.